The van der Waals surface area contributed by atoms with Crippen LogP contribution in [0, 0.1) is 5.82 Å². The Balaban J connectivity index is 2.22. The fourth-order valence-electron chi connectivity index (χ4n) is 2.09. The van der Waals surface area contributed by atoms with E-state index in [2.05, 4.69) is 10.3 Å². The van der Waals surface area contributed by atoms with Gasteiger partial charge in [0.2, 0.25) is 0 Å². The van der Waals surface area contributed by atoms with Gasteiger partial charge in [-0.15, -0.1) is 0 Å². The second-order valence-electron chi connectivity index (χ2n) is 4.39. The molecular weight excluding hydrogens is 259 g/mol. The molecule has 0 bridgehead atoms. The summed E-state index contributed by atoms with van der Waals surface area (Å²) < 4.78 is 20.4. The van der Waals surface area contributed by atoms with Crippen LogP contribution in [-0.2, 0) is 6.54 Å². The van der Waals surface area contributed by atoms with Crippen molar-refractivity contribution in [2.24, 2.45) is 5.73 Å². The number of benzene rings is 1. The van der Waals surface area contributed by atoms with E-state index in [-0.39, 0.29) is 17.6 Å². The van der Waals surface area contributed by atoms with E-state index >= 15 is 0 Å². The Hall–Kier alpha value is -2.08. The van der Waals surface area contributed by atoms with E-state index in [9.17, 15) is 4.39 Å². The number of nitrogens with two attached hydrogens (primary N) is 1. The van der Waals surface area contributed by atoms with E-state index in [0.717, 1.165) is 17.9 Å². The summed E-state index contributed by atoms with van der Waals surface area (Å²) >= 11 is 0. The topological polar surface area (TPSA) is 65.1 Å². The van der Waals surface area contributed by atoms with Crippen LogP contribution in [0.5, 0.6) is 5.75 Å². The third-order valence-corrected chi connectivity index (χ3v) is 3.17. The minimum absolute atomic E-state index is 0.0902. The molecule has 0 saturated carbocycles. The van der Waals surface area contributed by atoms with E-state index in [4.69, 9.17) is 10.5 Å². The van der Waals surface area contributed by atoms with Crippen LogP contribution in [0.3, 0.4) is 0 Å². The van der Waals surface area contributed by atoms with Crippen LogP contribution in [0.15, 0.2) is 30.7 Å². The van der Waals surface area contributed by atoms with Crippen LogP contribution in [0.1, 0.15) is 18.7 Å². The number of aromatic nitrogens is 2. The zero-order valence-corrected chi connectivity index (χ0v) is 11.6. The second-order valence-corrected chi connectivity index (χ2v) is 4.39. The average Bonchev–Trinajstić information content (AvgIpc) is 2.94. The second kappa shape index (κ2) is 6.38. The molecule has 0 spiro atoms. The first kappa shape index (κ1) is 14.3. The third kappa shape index (κ3) is 2.91. The molecule has 1 unspecified atom stereocenters. The van der Waals surface area contributed by atoms with Gasteiger partial charge in [-0.1, -0.05) is 0 Å². The van der Waals surface area contributed by atoms with E-state index in [1.54, 1.807) is 24.7 Å². The lowest BCUT2D eigenvalue weighted by Gasteiger charge is -2.20. The highest BCUT2D eigenvalue weighted by atomic mass is 19.1. The van der Waals surface area contributed by atoms with Crippen molar-refractivity contribution in [1.29, 1.82) is 0 Å². The molecule has 6 heteroatoms. The van der Waals surface area contributed by atoms with E-state index in [0.29, 0.717) is 6.54 Å². The van der Waals surface area contributed by atoms with Crippen LogP contribution in [0.25, 0.3) is 0 Å². The van der Waals surface area contributed by atoms with Crippen molar-refractivity contribution in [1.82, 2.24) is 9.55 Å². The number of nitrogens with zero attached hydrogens (tertiary/aromatic N) is 2. The number of hydrogen-bond donors (Lipinski definition) is 2. The summed E-state index contributed by atoms with van der Waals surface area (Å²) in [6.45, 7) is 3.27. The van der Waals surface area contributed by atoms with Gasteiger partial charge in [0.15, 0.2) is 11.6 Å². The standard InChI is InChI=1S/C14H19FN4O/c1-3-19-9-17-8-13(19)12(7-16)18-10-4-5-11(15)14(6-10)20-2/h4-6,8-9,12,18H,3,7,16H2,1-2H3. The van der Waals surface area contributed by atoms with Gasteiger partial charge < -0.3 is 20.4 Å². The molecule has 1 heterocycles. The molecule has 108 valence electrons. The molecule has 0 aliphatic carbocycles. The molecule has 2 aromatic rings. The van der Waals surface area contributed by atoms with Gasteiger partial charge in [-0.25, -0.2) is 9.37 Å². The number of imidazole rings is 1. The molecule has 0 aliphatic rings. The van der Waals surface area contributed by atoms with Crippen molar-refractivity contribution in [2.75, 3.05) is 19.0 Å². The lowest BCUT2D eigenvalue weighted by molar-refractivity contribution is 0.386. The molecule has 0 aliphatic heterocycles. The molecule has 0 fully saturated rings. The number of methoxy groups -OCH3 is 1. The van der Waals surface area contributed by atoms with Crippen molar-refractivity contribution in [2.45, 2.75) is 19.5 Å². The number of anilines is 1. The summed E-state index contributed by atoms with van der Waals surface area (Å²) in [6.07, 6.45) is 3.56. The van der Waals surface area contributed by atoms with E-state index in [1.165, 1.54) is 13.2 Å². The van der Waals surface area contributed by atoms with Crippen molar-refractivity contribution < 1.29 is 9.13 Å². The Morgan fingerprint density at radius 2 is 2.30 bits per heavy atom. The zero-order chi connectivity index (χ0) is 14.5. The lowest BCUT2D eigenvalue weighted by Crippen LogP contribution is -2.23. The summed E-state index contributed by atoms with van der Waals surface area (Å²) in [6, 6.07) is 4.55. The summed E-state index contributed by atoms with van der Waals surface area (Å²) in [5.74, 6) is -0.185. The van der Waals surface area contributed by atoms with Gasteiger partial charge in [0.1, 0.15) is 0 Å². The Morgan fingerprint density at radius 1 is 1.50 bits per heavy atom. The van der Waals surface area contributed by atoms with Crippen molar-refractivity contribution in [3.8, 4) is 5.75 Å². The SMILES string of the molecule is CCn1cncc1C(CN)Nc1ccc(F)c(OC)c1. The van der Waals surface area contributed by atoms with Crippen LogP contribution >= 0.6 is 0 Å². The maximum atomic E-state index is 13.4. The highest BCUT2D eigenvalue weighted by molar-refractivity contribution is 5.50. The van der Waals surface area contributed by atoms with E-state index < -0.39 is 0 Å². The fourth-order valence-corrected chi connectivity index (χ4v) is 2.09. The van der Waals surface area contributed by atoms with Crippen molar-refractivity contribution in [3.63, 3.8) is 0 Å². The number of aryl methyl sites for hydroxylation is 1. The molecule has 0 amide bonds. The predicted octanol–water partition coefficient (Wildman–Crippen LogP) is 2.16. The quantitative estimate of drug-likeness (QED) is 0.850. The minimum Gasteiger partial charge on any atom is -0.494 e. The van der Waals surface area contributed by atoms with Gasteiger partial charge in [0.05, 0.1) is 31.4 Å². The van der Waals surface area contributed by atoms with Gasteiger partial charge in [0.25, 0.3) is 0 Å². The molecule has 1 aromatic heterocycles. The first-order valence-corrected chi connectivity index (χ1v) is 6.49. The predicted molar refractivity (Wildman–Crippen MR) is 76.3 cm³/mol. The third-order valence-electron chi connectivity index (χ3n) is 3.17. The molecule has 1 aromatic carbocycles. The smallest absolute Gasteiger partial charge is 0.165 e. The monoisotopic (exact) mass is 278 g/mol. The molecule has 1 atom stereocenters. The lowest BCUT2D eigenvalue weighted by atomic mass is 10.2. The Labute approximate surface area is 117 Å². The highest BCUT2D eigenvalue weighted by Crippen LogP contribution is 2.25. The molecule has 5 nitrogen and oxygen atoms in total. The zero-order valence-electron chi connectivity index (χ0n) is 11.6. The maximum Gasteiger partial charge on any atom is 0.165 e. The largest absolute Gasteiger partial charge is 0.494 e. The van der Waals surface area contributed by atoms with Gasteiger partial charge in [0, 0.05) is 24.8 Å². The maximum absolute atomic E-state index is 13.4. The van der Waals surface area contributed by atoms with E-state index in [1.807, 2.05) is 11.5 Å². The molecule has 0 radical (unpaired) electrons. The summed E-state index contributed by atoms with van der Waals surface area (Å²) in [5, 5.41) is 3.28. The molecular formula is C14H19FN4O. The van der Waals surface area contributed by atoms with Gasteiger partial charge in [-0.3, -0.25) is 0 Å². The number of hydrogen-bond acceptors (Lipinski definition) is 4. The summed E-state index contributed by atoms with van der Waals surface area (Å²) in [5.41, 5.74) is 7.58. The number of halogens is 1. The van der Waals surface area contributed by atoms with Crippen LogP contribution in [0.4, 0.5) is 10.1 Å². The van der Waals surface area contributed by atoms with Crippen LogP contribution in [0.2, 0.25) is 0 Å². The Morgan fingerprint density at radius 3 is 2.95 bits per heavy atom. The summed E-state index contributed by atoms with van der Waals surface area (Å²) in [4.78, 5) is 4.13. The van der Waals surface area contributed by atoms with Crippen LogP contribution in [-0.4, -0.2) is 23.2 Å². The van der Waals surface area contributed by atoms with Gasteiger partial charge in [-0.05, 0) is 19.1 Å². The normalized spacial score (nSPS) is 12.2. The fraction of sp³-hybridized carbons (Fsp3) is 0.357. The first-order valence-electron chi connectivity index (χ1n) is 6.49. The average molecular weight is 278 g/mol. The number of rotatable bonds is 6. The van der Waals surface area contributed by atoms with Crippen molar-refractivity contribution >= 4 is 5.69 Å². The number of nitrogens with one attached hydrogen (secondary N) is 1. The van der Waals surface area contributed by atoms with Gasteiger partial charge in [-0.2, -0.15) is 0 Å². The van der Waals surface area contributed by atoms with Gasteiger partial charge >= 0.3 is 0 Å². The molecule has 0 saturated heterocycles. The van der Waals surface area contributed by atoms with Crippen molar-refractivity contribution in [3.05, 3.63) is 42.2 Å². The number of ether oxygens (including phenoxy) is 1. The first-order chi connectivity index (χ1) is 9.69. The minimum atomic E-state index is -0.388. The Kier molecular flexibility index (Phi) is 4.57. The highest BCUT2D eigenvalue weighted by Gasteiger charge is 2.14. The summed E-state index contributed by atoms with van der Waals surface area (Å²) in [7, 11) is 1.44. The van der Waals surface area contributed by atoms with Crippen LogP contribution < -0.4 is 15.8 Å². The Bertz CT molecular complexity index is 570. The molecule has 3 N–H and O–H groups in total. The molecule has 2 rings (SSSR count). The molecule has 20 heavy (non-hydrogen) atoms.